The highest BCUT2D eigenvalue weighted by atomic mass is 32.2. The number of para-hydroxylation sites is 1. The van der Waals surface area contributed by atoms with Crippen molar-refractivity contribution in [3.05, 3.63) is 127 Å². The second-order valence-corrected chi connectivity index (χ2v) is 12.3. The maximum Gasteiger partial charge on any atom is 0.338 e. The van der Waals surface area contributed by atoms with E-state index in [9.17, 15) is 14.4 Å². The fourth-order valence-electron chi connectivity index (χ4n) is 5.43. The highest BCUT2D eigenvalue weighted by molar-refractivity contribution is 7.98. The molecule has 1 amide bonds. The van der Waals surface area contributed by atoms with Gasteiger partial charge in [0, 0.05) is 10.5 Å². The fourth-order valence-corrected chi connectivity index (χ4v) is 6.98. The van der Waals surface area contributed by atoms with Crippen LogP contribution < -0.4 is 19.8 Å². The van der Waals surface area contributed by atoms with Gasteiger partial charge in [-0.3, -0.25) is 14.2 Å². The Morgan fingerprint density at radius 2 is 1.69 bits per heavy atom. The van der Waals surface area contributed by atoms with Gasteiger partial charge < -0.3 is 9.64 Å². The maximum absolute atomic E-state index is 14.4. The third kappa shape index (κ3) is 4.82. The van der Waals surface area contributed by atoms with Gasteiger partial charge in [0.25, 0.3) is 11.5 Å². The van der Waals surface area contributed by atoms with E-state index in [1.165, 1.54) is 11.3 Å². The van der Waals surface area contributed by atoms with E-state index in [4.69, 9.17) is 9.73 Å². The number of aromatic nitrogens is 1. The molecule has 3 heterocycles. The van der Waals surface area contributed by atoms with E-state index in [1.54, 1.807) is 42.0 Å². The summed E-state index contributed by atoms with van der Waals surface area (Å²) in [4.78, 5) is 49.7. The molecular weight excluding hydrogens is 567 g/mol. The summed E-state index contributed by atoms with van der Waals surface area (Å²) in [5, 5.41) is 0. The van der Waals surface area contributed by atoms with Crippen molar-refractivity contribution in [2.24, 2.45) is 4.99 Å². The van der Waals surface area contributed by atoms with Gasteiger partial charge in [0.15, 0.2) is 4.80 Å². The Morgan fingerprint density at radius 1 is 1.00 bits per heavy atom. The van der Waals surface area contributed by atoms with Gasteiger partial charge in [-0.05, 0) is 56.4 Å². The molecule has 9 heteroatoms. The minimum atomic E-state index is -0.745. The van der Waals surface area contributed by atoms with Crippen molar-refractivity contribution in [2.45, 2.75) is 44.4 Å². The maximum atomic E-state index is 14.4. The molecule has 0 saturated carbocycles. The molecule has 212 valence electrons. The topological polar surface area (TPSA) is 81.0 Å². The third-order valence-corrected chi connectivity index (χ3v) is 9.12. The molecular formula is C33H29N3O4S2. The fraction of sp³-hybridized carbons (Fsp3) is 0.212. The van der Waals surface area contributed by atoms with Crippen molar-refractivity contribution in [1.82, 2.24) is 4.57 Å². The molecule has 2 aliphatic rings. The van der Waals surface area contributed by atoms with Crippen LogP contribution in [0.4, 0.5) is 5.69 Å². The predicted molar refractivity (Wildman–Crippen MR) is 166 cm³/mol. The number of hydrogen-bond acceptors (Lipinski definition) is 7. The molecule has 6 rings (SSSR count). The monoisotopic (exact) mass is 595 g/mol. The lowest BCUT2D eigenvalue weighted by atomic mass is 9.96. The zero-order valence-corrected chi connectivity index (χ0v) is 25.3. The number of hydrogen-bond donors (Lipinski definition) is 0. The second kappa shape index (κ2) is 11.2. The molecule has 3 aromatic carbocycles. The van der Waals surface area contributed by atoms with Crippen LogP contribution in [0, 0.1) is 0 Å². The Bertz CT molecular complexity index is 1920. The summed E-state index contributed by atoms with van der Waals surface area (Å²) in [5.41, 5.74) is 4.01. The normalized spacial score (nSPS) is 17.3. The molecule has 1 aromatic heterocycles. The molecule has 0 bridgehead atoms. The van der Waals surface area contributed by atoms with E-state index in [1.807, 2.05) is 85.1 Å². The van der Waals surface area contributed by atoms with Crippen LogP contribution in [0.3, 0.4) is 0 Å². The van der Waals surface area contributed by atoms with Crippen LogP contribution in [-0.4, -0.2) is 28.8 Å². The molecule has 0 N–H and O–H groups in total. The molecule has 1 atom stereocenters. The van der Waals surface area contributed by atoms with E-state index >= 15 is 0 Å². The number of anilines is 1. The van der Waals surface area contributed by atoms with Gasteiger partial charge in [-0.1, -0.05) is 72.0 Å². The van der Waals surface area contributed by atoms with Gasteiger partial charge in [-0.25, -0.2) is 9.79 Å². The highest BCUT2D eigenvalue weighted by Crippen LogP contribution is 2.37. The number of esters is 1. The molecule has 0 spiro atoms. The quantitative estimate of drug-likeness (QED) is 0.236. The number of ether oxygens (including phenoxy) is 1. The smallest absolute Gasteiger partial charge is 0.338 e. The number of fused-ring (bicyclic) bond motifs is 2. The average molecular weight is 596 g/mol. The molecule has 7 nitrogen and oxygen atoms in total. The van der Waals surface area contributed by atoms with Gasteiger partial charge in [-0.2, -0.15) is 0 Å². The Labute approximate surface area is 251 Å². The zero-order chi connectivity index (χ0) is 29.5. The van der Waals surface area contributed by atoms with Gasteiger partial charge in [-0.15, -0.1) is 11.8 Å². The molecule has 4 aromatic rings. The van der Waals surface area contributed by atoms with Crippen LogP contribution in [0.15, 0.2) is 105 Å². The van der Waals surface area contributed by atoms with Crippen LogP contribution in [-0.2, 0) is 20.9 Å². The number of allylic oxidation sites excluding steroid dienone is 1. The Morgan fingerprint density at radius 3 is 2.38 bits per heavy atom. The first-order valence-electron chi connectivity index (χ1n) is 13.6. The summed E-state index contributed by atoms with van der Waals surface area (Å²) in [7, 11) is 0. The SMILES string of the molecule is CSc1ccc([C@H]2C(C(=O)OC(C)C)=C(C)N=c3s/c(=C4/C(=O)N(Cc5ccccc5)c5ccccc54)c(=O)n32)cc1. The van der Waals surface area contributed by atoms with Gasteiger partial charge in [0.05, 0.1) is 41.2 Å². The summed E-state index contributed by atoms with van der Waals surface area (Å²) in [6.45, 7) is 5.72. The van der Waals surface area contributed by atoms with E-state index in [-0.39, 0.29) is 17.6 Å². The van der Waals surface area contributed by atoms with Crippen molar-refractivity contribution in [3.8, 4) is 0 Å². The largest absolute Gasteiger partial charge is 0.459 e. The summed E-state index contributed by atoms with van der Waals surface area (Å²) in [6, 6.07) is 24.4. The van der Waals surface area contributed by atoms with Crippen molar-refractivity contribution >= 4 is 46.2 Å². The Hall–Kier alpha value is -4.21. The van der Waals surface area contributed by atoms with E-state index in [2.05, 4.69) is 0 Å². The lowest BCUT2D eigenvalue weighted by Gasteiger charge is -2.25. The molecule has 0 fully saturated rings. The van der Waals surface area contributed by atoms with Crippen LogP contribution in [0.1, 0.15) is 43.5 Å². The number of benzene rings is 3. The number of nitrogens with zero attached hydrogens (tertiary/aromatic N) is 3. The van der Waals surface area contributed by atoms with Crippen LogP contribution in [0.25, 0.3) is 5.57 Å². The van der Waals surface area contributed by atoms with Gasteiger partial charge in [0.2, 0.25) is 0 Å². The van der Waals surface area contributed by atoms with Crippen molar-refractivity contribution < 1.29 is 14.3 Å². The molecule has 42 heavy (non-hydrogen) atoms. The van der Waals surface area contributed by atoms with Crippen molar-refractivity contribution in [2.75, 3.05) is 11.2 Å². The number of thioether (sulfide) groups is 1. The predicted octanol–water partition coefficient (Wildman–Crippen LogP) is 4.83. The minimum absolute atomic E-state index is 0.235. The number of carbonyl (C=O) groups is 2. The van der Waals surface area contributed by atoms with E-state index < -0.39 is 12.0 Å². The molecule has 0 unspecified atom stereocenters. The van der Waals surface area contributed by atoms with Gasteiger partial charge >= 0.3 is 5.97 Å². The standard InChI is InChI=1S/C33H29N3O4S2/c1-19(2)40-32(39)26-20(3)34-33-36(28(26)22-14-16-23(41-4)17-15-22)31(38)29(42-33)27-24-12-8-9-13-25(24)35(30(27)37)18-21-10-6-5-7-11-21/h5-17,19,28H,18H2,1-4H3/b29-27+/t28-/m0/s1. The number of rotatable bonds is 6. The first kappa shape index (κ1) is 27.9. The zero-order valence-electron chi connectivity index (χ0n) is 23.7. The molecule has 0 aliphatic carbocycles. The lowest BCUT2D eigenvalue weighted by molar-refractivity contribution is -0.143. The number of thiazole rings is 1. The molecule has 0 saturated heterocycles. The Kier molecular flexibility index (Phi) is 7.47. The first-order valence-corrected chi connectivity index (χ1v) is 15.7. The minimum Gasteiger partial charge on any atom is -0.459 e. The molecule has 2 aliphatic heterocycles. The van der Waals surface area contributed by atoms with E-state index in [0.717, 1.165) is 21.7 Å². The van der Waals surface area contributed by atoms with Crippen molar-refractivity contribution in [3.63, 3.8) is 0 Å². The van der Waals surface area contributed by atoms with Crippen LogP contribution in [0.2, 0.25) is 0 Å². The van der Waals surface area contributed by atoms with Crippen LogP contribution >= 0.6 is 23.1 Å². The highest BCUT2D eigenvalue weighted by Gasteiger charge is 2.37. The number of carbonyl (C=O) groups excluding carboxylic acids is 2. The van der Waals surface area contributed by atoms with Gasteiger partial charge in [0.1, 0.15) is 4.53 Å². The van der Waals surface area contributed by atoms with Crippen LogP contribution in [0.5, 0.6) is 0 Å². The lowest BCUT2D eigenvalue weighted by Crippen LogP contribution is -2.41. The Balaban J connectivity index is 1.57. The summed E-state index contributed by atoms with van der Waals surface area (Å²) < 4.78 is 7.46. The third-order valence-electron chi connectivity index (χ3n) is 7.33. The average Bonchev–Trinajstić information content (AvgIpc) is 3.44. The summed E-state index contributed by atoms with van der Waals surface area (Å²) >= 11 is 2.79. The first-order chi connectivity index (χ1) is 20.3. The van der Waals surface area contributed by atoms with E-state index in [0.29, 0.717) is 38.3 Å². The molecule has 0 radical (unpaired) electrons. The summed E-state index contributed by atoms with van der Waals surface area (Å²) in [6.07, 6.45) is 1.65. The second-order valence-electron chi connectivity index (χ2n) is 10.4. The summed E-state index contributed by atoms with van der Waals surface area (Å²) in [5.74, 6) is -0.749. The number of amides is 1. The van der Waals surface area contributed by atoms with Crippen molar-refractivity contribution in [1.29, 1.82) is 0 Å².